The predicted molar refractivity (Wildman–Crippen MR) is 48.4 cm³/mol. The van der Waals surface area contributed by atoms with Gasteiger partial charge in [-0.15, -0.1) is 12.4 Å². The average molecular weight is 221 g/mol. The highest BCUT2D eigenvalue weighted by atomic mass is 35.5. The monoisotopic (exact) mass is 220 g/mol. The molecular formula is C6H9ClN4O3. The number of aromatic nitrogens is 3. The summed E-state index contributed by atoms with van der Waals surface area (Å²) < 4.78 is 1.33. The fourth-order valence-corrected chi connectivity index (χ4v) is 1.30. The van der Waals surface area contributed by atoms with E-state index in [1.165, 1.54) is 4.57 Å². The second kappa shape index (κ2) is 3.81. The zero-order chi connectivity index (χ0) is 9.42. The van der Waals surface area contributed by atoms with Crippen LogP contribution in [0.5, 0.6) is 0 Å². The van der Waals surface area contributed by atoms with Gasteiger partial charge in [-0.25, -0.2) is 9.89 Å². The third-order valence-corrected chi connectivity index (χ3v) is 2.01. The number of aliphatic carboxylic acids is 1. The van der Waals surface area contributed by atoms with E-state index in [4.69, 9.17) is 5.11 Å². The van der Waals surface area contributed by atoms with E-state index in [-0.39, 0.29) is 24.6 Å². The molecule has 2 rings (SSSR count). The second-order valence-corrected chi connectivity index (χ2v) is 2.83. The maximum atomic E-state index is 11.1. The van der Waals surface area contributed by atoms with Gasteiger partial charge in [0.25, 0.3) is 0 Å². The lowest BCUT2D eigenvalue weighted by Gasteiger charge is -2.19. The zero-order valence-electron chi connectivity index (χ0n) is 7.06. The minimum Gasteiger partial charge on any atom is -0.480 e. The minimum absolute atomic E-state index is 0. The number of fused-ring (bicyclic) bond motifs is 1. The number of nitrogens with one attached hydrogen (secondary N) is 2. The lowest BCUT2D eigenvalue weighted by Crippen LogP contribution is -2.46. The molecule has 0 amide bonds. The fourth-order valence-electron chi connectivity index (χ4n) is 1.30. The Morgan fingerprint density at radius 1 is 1.64 bits per heavy atom. The number of carboxylic acid groups (broad SMARTS) is 1. The van der Waals surface area contributed by atoms with Gasteiger partial charge in [0.05, 0.1) is 13.1 Å². The van der Waals surface area contributed by atoms with Gasteiger partial charge in [0.1, 0.15) is 11.9 Å². The summed E-state index contributed by atoms with van der Waals surface area (Å²) in [5, 5.41) is 17.4. The van der Waals surface area contributed by atoms with Crippen molar-refractivity contribution in [3.63, 3.8) is 0 Å². The molecule has 78 valence electrons. The molecule has 0 saturated carbocycles. The van der Waals surface area contributed by atoms with Crippen LogP contribution in [0.15, 0.2) is 4.79 Å². The third kappa shape index (κ3) is 1.64. The van der Waals surface area contributed by atoms with Crippen molar-refractivity contribution in [2.45, 2.75) is 19.1 Å². The molecule has 0 radical (unpaired) electrons. The first-order valence-corrected chi connectivity index (χ1v) is 3.79. The number of rotatable bonds is 1. The van der Waals surface area contributed by atoms with E-state index in [0.29, 0.717) is 12.4 Å². The summed E-state index contributed by atoms with van der Waals surface area (Å²) in [6, 6.07) is -0.706. The van der Waals surface area contributed by atoms with Crippen LogP contribution in [0.3, 0.4) is 0 Å². The first kappa shape index (κ1) is 10.7. The lowest BCUT2D eigenvalue weighted by molar-refractivity contribution is -0.140. The highest BCUT2D eigenvalue weighted by Gasteiger charge is 2.25. The Kier molecular flexibility index (Phi) is 2.92. The van der Waals surface area contributed by atoms with Crippen LogP contribution in [0.4, 0.5) is 0 Å². The molecule has 8 heteroatoms. The van der Waals surface area contributed by atoms with Crippen molar-refractivity contribution in [2.24, 2.45) is 0 Å². The minimum atomic E-state index is -0.959. The van der Waals surface area contributed by atoms with Crippen LogP contribution in [-0.4, -0.2) is 31.9 Å². The van der Waals surface area contributed by atoms with Crippen molar-refractivity contribution < 1.29 is 9.90 Å². The quantitative estimate of drug-likeness (QED) is 0.538. The van der Waals surface area contributed by atoms with Crippen molar-refractivity contribution in [2.75, 3.05) is 0 Å². The Balaban J connectivity index is 0.000000980. The van der Waals surface area contributed by atoms with Gasteiger partial charge < -0.3 is 5.11 Å². The van der Waals surface area contributed by atoms with Crippen LogP contribution < -0.4 is 11.0 Å². The van der Waals surface area contributed by atoms with Gasteiger partial charge >= 0.3 is 11.7 Å². The van der Waals surface area contributed by atoms with E-state index in [0.717, 1.165) is 0 Å². The number of H-pyrrole nitrogens is 1. The normalized spacial score (nSPS) is 19.6. The topological polar surface area (TPSA) is 100 Å². The van der Waals surface area contributed by atoms with Gasteiger partial charge in [0, 0.05) is 0 Å². The molecule has 1 aromatic heterocycles. The summed E-state index contributed by atoms with van der Waals surface area (Å²) in [7, 11) is 0. The number of carbonyl (C=O) groups is 1. The molecule has 1 aliphatic heterocycles. The molecule has 0 saturated heterocycles. The predicted octanol–water partition coefficient (Wildman–Crippen LogP) is -1.45. The second-order valence-electron chi connectivity index (χ2n) is 2.83. The van der Waals surface area contributed by atoms with Crippen LogP contribution in [0.25, 0.3) is 0 Å². The standard InChI is InChI=1S/C6H8N4O3.ClH/c11-5(12)3-2-10-4(1-7-3)8-9-6(10)13;/h3,7H,1-2H2,(H,9,13)(H,11,12);1H. The van der Waals surface area contributed by atoms with Crippen LogP contribution >= 0.6 is 12.4 Å². The lowest BCUT2D eigenvalue weighted by atomic mass is 10.2. The van der Waals surface area contributed by atoms with E-state index in [1.54, 1.807) is 0 Å². The van der Waals surface area contributed by atoms with Gasteiger partial charge in [-0.2, -0.15) is 5.10 Å². The number of hydrogen-bond acceptors (Lipinski definition) is 4. The summed E-state index contributed by atoms with van der Waals surface area (Å²) in [6.45, 7) is 0.426. The summed E-state index contributed by atoms with van der Waals surface area (Å²) in [5.41, 5.74) is -0.359. The van der Waals surface area contributed by atoms with Crippen molar-refractivity contribution in [1.82, 2.24) is 20.1 Å². The molecule has 1 aliphatic rings. The maximum absolute atomic E-state index is 11.1. The molecular weight excluding hydrogens is 212 g/mol. The fraction of sp³-hybridized carbons (Fsp3) is 0.500. The van der Waals surface area contributed by atoms with Crippen LogP contribution in [0, 0.1) is 0 Å². The summed E-state index contributed by atoms with van der Waals surface area (Å²) in [4.78, 5) is 21.6. The largest absolute Gasteiger partial charge is 0.480 e. The molecule has 0 fully saturated rings. The smallest absolute Gasteiger partial charge is 0.343 e. The Labute approximate surface area is 84.5 Å². The van der Waals surface area contributed by atoms with E-state index in [2.05, 4.69) is 15.5 Å². The molecule has 1 aromatic rings. The first-order valence-electron chi connectivity index (χ1n) is 3.79. The number of aromatic amines is 1. The van der Waals surface area contributed by atoms with E-state index < -0.39 is 12.0 Å². The summed E-state index contributed by atoms with van der Waals surface area (Å²) in [5.74, 6) is -0.416. The van der Waals surface area contributed by atoms with Crippen molar-refractivity contribution in [3.8, 4) is 0 Å². The van der Waals surface area contributed by atoms with Gasteiger partial charge in [0.2, 0.25) is 0 Å². The first-order chi connectivity index (χ1) is 6.18. The van der Waals surface area contributed by atoms with Crippen LogP contribution in [-0.2, 0) is 17.9 Å². The van der Waals surface area contributed by atoms with Crippen molar-refractivity contribution in [3.05, 3.63) is 16.3 Å². The maximum Gasteiger partial charge on any atom is 0.343 e. The molecule has 2 heterocycles. The molecule has 1 unspecified atom stereocenters. The van der Waals surface area contributed by atoms with Gasteiger partial charge in [0.15, 0.2) is 0 Å². The van der Waals surface area contributed by atoms with Crippen LogP contribution in [0.1, 0.15) is 5.82 Å². The Bertz CT molecular complexity index is 398. The SMILES string of the molecule is Cl.O=C(O)C1Cn2c(n[nH]c2=O)CN1. The summed E-state index contributed by atoms with van der Waals surface area (Å²) in [6.07, 6.45) is 0. The van der Waals surface area contributed by atoms with Crippen LogP contribution in [0.2, 0.25) is 0 Å². The summed E-state index contributed by atoms with van der Waals surface area (Å²) >= 11 is 0. The van der Waals surface area contributed by atoms with Gasteiger partial charge in [-0.3, -0.25) is 14.7 Å². The third-order valence-electron chi connectivity index (χ3n) is 2.01. The number of nitrogens with zero attached hydrogens (tertiary/aromatic N) is 2. The molecule has 14 heavy (non-hydrogen) atoms. The number of carboxylic acids is 1. The van der Waals surface area contributed by atoms with Gasteiger partial charge in [-0.1, -0.05) is 0 Å². The molecule has 3 N–H and O–H groups in total. The Hall–Kier alpha value is -1.34. The highest BCUT2D eigenvalue weighted by molar-refractivity contribution is 5.85. The number of hydrogen-bond donors (Lipinski definition) is 3. The molecule has 0 aromatic carbocycles. The Morgan fingerprint density at radius 3 is 3.00 bits per heavy atom. The van der Waals surface area contributed by atoms with E-state index in [9.17, 15) is 9.59 Å². The number of halogens is 1. The van der Waals surface area contributed by atoms with Crippen molar-refractivity contribution in [1.29, 1.82) is 0 Å². The van der Waals surface area contributed by atoms with E-state index in [1.807, 2.05) is 0 Å². The van der Waals surface area contributed by atoms with E-state index >= 15 is 0 Å². The molecule has 7 nitrogen and oxygen atoms in total. The average Bonchev–Trinajstić information content (AvgIpc) is 2.47. The molecule has 0 spiro atoms. The molecule has 0 bridgehead atoms. The highest BCUT2D eigenvalue weighted by Crippen LogP contribution is 2.01. The molecule has 0 aliphatic carbocycles. The Morgan fingerprint density at radius 2 is 2.36 bits per heavy atom. The van der Waals surface area contributed by atoms with Gasteiger partial charge in [-0.05, 0) is 0 Å². The zero-order valence-corrected chi connectivity index (χ0v) is 7.87. The molecule has 1 atom stereocenters. The van der Waals surface area contributed by atoms with Crippen molar-refractivity contribution >= 4 is 18.4 Å².